The average Bonchev–Trinajstić information content (AvgIpc) is 2.75. The largest absolute Gasteiger partial charge is 0.496 e. The van der Waals surface area contributed by atoms with Crippen LogP contribution in [0.5, 0.6) is 5.75 Å². The van der Waals surface area contributed by atoms with E-state index in [0.717, 1.165) is 22.0 Å². The summed E-state index contributed by atoms with van der Waals surface area (Å²) in [5.74, 6) is 0.817. The molecule has 2 aromatic rings. The maximum absolute atomic E-state index is 9.79. The lowest BCUT2D eigenvalue weighted by molar-refractivity contribution is 0.0809. The first-order valence-corrected chi connectivity index (χ1v) is 6.68. The number of aromatic nitrogens is 1. The number of rotatable bonds is 4. The quantitative estimate of drug-likeness (QED) is 0.921. The molecule has 0 unspecified atom stereocenters. The van der Waals surface area contributed by atoms with Gasteiger partial charge < -0.3 is 9.84 Å². The highest BCUT2D eigenvalue weighted by Gasteiger charge is 2.17. The molecule has 0 aliphatic heterocycles. The van der Waals surface area contributed by atoms with Gasteiger partial charge in [0.2, 0.25) is 0 Å². The number of hydrogen-bond donors (Lipinski definition) is 1. The monoisotopic (exact) mass is 263 g/mol. The van der Waals surface area contributed by atoms with E-state index in [0.29, 0.717) is 6.42 Å². The van der Waals surface area contributed by atoms with E-state index in [-0.39, 0.29) is 0 Å². The molecule has 1 N–H and O–H groups in total. The van der Waals surface area contributed by atoms with E-state index in [9.17, 15) is 5.11 Å². The Balaban J connectivity index is 2.29. The molecule has 0 aliphatic rings. The summed E-state index contributed by atoms with van der Waals surface area (Å²) < 4.78 is 5.33. The van der Waals surface area contributed by atoms with Crippen molar-refractivity contribution in [1.29, 1.82) is 0 Å². The highest BCUT2D eigenvalue weighted by molar-refractivity contribution is 7.10. The molecule has 0 amide bonds. The fraction of sp³-hybridized carbons (Fsp3) is 0.357. The Morgan fingerprint density at radius 2 is 2.06 bits per heavy atom. The molecule has 4 heteroatoms. The van der Waals surface area contributed by atoms with Gasteiger partial charge in [-0.1, -0.05) is 12.1 Å². The van der Waals surface area contributed by atoms with Gasteiger partial charge in [0.15, 0.2) is 0 Å². The van der Waals surface area contributed by atoms with Crippen LogP contribution >= 0.6 is 11.3 Å². The molecule has 2 rings (SSSR count). The second-order valence-corrected chi connectivity index (χ2v) is 5.76. The third kappa shape index (κ3) is 3.09. The molecule has 0 aliphatic carbocycles. The van der Waals surface area contributed by atoms with Gasteiger partial charge in [-0.05, 0) is 26.0 Å². The number of nitrogens with zero attached hydrogens (tertiary/aromatic N) is 1. The van der Waals surface area contributed by atoms with Crippen LogP contribution in [0.4, 0.5) is 0 Å². The molecule has 1 aromatic heterocycles. The van der Waals surface area contributed by atoms with Crippen molar-refractivity contribution in [3.8, 4) is 17.0 Å². The Hall–Kier alpha value is -1.39. The van der Waals surface area contributed by atoms with Crippen molar-refractivity contribution < 1.29 is 9.84 Å². The van der Waals surface area contributed by atoms with Crippen LogP contribution < -0.4 is 4.74 Å². The summed E-state index contributed by atoms with van der Waals surface area (Å²) in [6.07, 6.45) is 0.562. The Labute approximate surface area is 111 Å². The van der Waals surface area contributed by atoms with E-state index in [1.54, 1.807) is 32.3 Å². The van der Waals surface area contributed by atoms with Crippen LogP contribution in [0, 0.1) is 0 Å². The van der Waals surface area contributed by atoms with Crippen molar-refractivity contribution in [2.24, 2.45) is 0 Å². The van der Waals surface area contributed by atoms with Gasteiger partial charge >= 0.3 is 0 Å². The van der Waals surface area contributed by atoms with Gasteiger partial charge in [0, 0.05) is 17.4 Å². The van der Waals surface area contributed by atoms with E-state index >= 15 is 0 Å². The molecule has 0 spiro atoms. The number of methoxy groups -OCH3 is 1. The van der Waals surface area contributed by atoms with Crippen molar-refractivity contribution in [2.75, 3.05) is 7.11 Å². The minimum absolute atomic E-state index is 0.562. The summed E-state index contributed by atoms with van der Waals surface area (Å²) >= 11 is 1.56. The van der Waals surface area contributed by atoms with Gasteiger partial charge in [0.25, 0.3) is 0 Å². The highest BCUT2D eigenvalue weighted by Crippen LogP contribution is 2.31. The van der Waals surface area contributed by atoms with Crippen LogP contribution in [0.25, 0.3) is 11.3 Å². The lowest BCUT2D eigenvalue weighted by Crippen LogP contribution is -2.21. The lowest BCUT2D eigenvalue weighted by Gasteiger charge is -2.14. The number of thiazole rings is 1. The number of ether oxygens (including phenoxy) is 1. The Morgan fingerprint density at radius 3 is 2.72 bits per heavy atom. The molecule has 18 heavy (non-hydrogen) atoms. The van der Waals surface area contributed by atoms with E-state index < -0.39 is 5.60 Å². The number of hydrogen-bond acceptors (Lipinski definition) is 4. The molecular weight excluding hydrogens is 246 g/mol. The van der Waals surface area contributed by atoms with E-state index in [2.05, 4.69) is 4.98 Å². The summed E-state index contributed by atoms with van der Waals surface area (Å²) in [5.41, 5.74) is 1.16. The number of benzene rings is 1. The third-order valence-electron chi connectivity index (χ3n) is 2.52. The summed E-state index contributed by atoms with van der Waals surface area (Å²) in [5, 5.41) is 12.7. The summed E-state index contributed by atoms with van der Waals surface area (Å²) in [4.78, 5) is 4.55. The molecule has 0 radical (unpaired) electrons. The second kappa shape index (κ2) is 5.08. The van der Waals surface area contributed by atoms with Gasteiger partial charge in [-0.3, -0.25) is 0 Å². The molecule has 0 bridgehead atoms. The lowest BCUT2D eigenvalue weighted by atomic mass is 10.1. The van der Waals surface area contributed by atoms with Crippen LogP contribution in [-0.4, -0.2) is 22.8 Å². The molecule has 3 nitrogen and oxygen atoms in total. The number of para-hydroxylation sites is 1. The zero-order chi connectivity index (χ0) is 13.2. The molecule has 0 saturated carbocycles. The van der Waals surface area contributed by atoms with Crippen LogP contribution in [-0.2, 0) is 6.42 Å². The van der Waals surface area contributed by atoms with Gasteiger partial charge in [-0.2, -0.15) is 0 Å². The molecule has 0 saturated heterocycles. The van der Waals surface area contributed by atoms with Crippen LogP contribution in [0.1, 0.15) is 18.9 Å². The molecular formula is C14H17NO2S. The van der Waals surface area contributed by atoms with Crippen LogP contribution in [0.2, 0.25) is 0 Å². The maximum atomic E-state index is 9.79. The predicted molar refractivity (Wildman–Crippen MR) is 74.1 cm³/mol. The molecule has 0 atom stereocenters. The topological polar surface area (TPSA) is 42.4 Å². The smallest absolute Gasteiger partial charge is 0.128 e. The Bertz CT molecular complexity index is 529. The highest BCUT2D eigenvalue weighted by atomic mass is 32.1. The normalized spacial score (nSPS) is 11.6. The molecule has 1 heterocycles. The van der Waals surface area contributed by atoms with Gasteiger partial charge in [0.05, 0.1) is 23.4 Å². The van der Waals surface area contributed by atoms with E-state index in [4.69, 9.17) is 4.74 Å². The fourth-order valence-electron chi connectivity index (χ4n) is 1.74. The fourth-order valence-corrected chi connectivity index (χ4v) is 2.76. The van der Waals surface area contributed by atoms with Crippen LogP contribution in [0.15, 0.2) is 29.6 Å². The SMILES string of the molecule is COc1ccccc1-c1csc(CC(C)(C)O)n1. The van der Waals surface area contributed by atoms with Crippen LogP contribution in [0.3, 0.4) is 0 Å². The first kappa shape index (κ1) is 13.1. The second-order valence-electron chi connectivity index (χ2n) is 4.82. The molecule has 1 aromatic carbocycles. The minimum Gasteiger partial charge on any atom is -0.496 e. The zero-order valence-electron chi connectivity index (χ0n) is 10.8. The zero-order valence-corrected chi connectivity index (χ0v) is 11.6. The predicted octanol–water partition coefficient (Wildman–Crippen LogP) is 3.13. The average molecular weight is 263 g/mol. The van der Waals surface area contributed by atoms with Crippen molar-refractivity contribution in [2.45, 2.75) is 25.9 Å². The number of aliphatic hydroxyl groups is 1. The van der Waals surface area contributed by atoms with E-state index in [1.165, 1.54) is 0 Å². The Morgan fingerprint density at radius 1 is 1.33 bits per heavy atom. The minimum atomic E-state index is -0.726. The van der Waals surface area contributed by atoms with Gasteiger partial charge in [-0.25, -0.2) is 4.98 Å². The Kier molecular flexibility index (Phi) is 3.68. The van der Waals surface area contributed by atoms with Crippen molar-refractivity contribution in [3.05, 3.63) is 34.7 Å². The maximum Gasteiger partial charge on any atom is 0.128 e. The van der Waals surface area contributed by atoms with Crippen molar-refractivity contribution in [3.63, 3.8) is 0 Å². The first-order chi connectivity index (χ1) is 8.49. The van der Waals surface area contributed by atoms with Gasteiger partial charge in [0.1, 0.15) is 5.75 Å². The summed E-state index contributed by atoms with van der Waals surface area (Å²) in [6, 6.07) is 7.81. The summed E-state index contributed by atoms with van der Waals surface area (Å²) in [7, 11) is 1.66. The van der Waals surface area contributed by atoms with Crippen molar-refractivity contribution >= 4 is 11.3 Å². The molecule has 0 fully saturated rings. The van der Waals surface area contributed by atoms with Gasteiger partial charge in [-0.15, -0.1) is 11.3 Å². The standard InChI is InChI=1S/C14H17NO2S/c1-14(2,16)8-13-15-11(9-18-13)10-6-4-5-7-12(10)17-3/h4-7,9,16H,8H2,1-3H3. The molecule has 96 valence electrons. The third-order valence-corrected chi connectivity index (χ3v) is 3.37. The first-order valence-electron chi connectivity index (χ1n) is 5.80. The van der Waals surface area contributed by atoms with Crippen molar-refractivity contribution in [1.82, 2.24) is 4.98 Å². The summed E-state index contributed by atoms with van der Waals surface area (Å²) in [6.45, 7) is 3.58. The van der Waals surface area contributed by atoms with E-state index in [1.807, 2.05) is 29.6 Å².